The molecule has 6 heteroatoms. The third kappa shape index (κ3) is 2.96. The maximum Gasteiger partial charge on any atom is 0.272 e. The third-order valence-corrected chi connectivity index (χ3v) is 3.11. The van der Waals surface area contributed by atoms with Crippen LogP contribution in [0, 0.1) is 5.82 Å². The first kappa shape index (κ1) is 13.6. The van der Waals surface area contributed by atoms with Gasteiger partial charge in [0.2, 0.25) is 0 Å². The quantitative estimate of drug-likeness (QED) is 0.851. The highest BCUT2D eigenvalue weighted by molar-refractivity contribution is 9.10. The standard InChI is InChI=1S/C13H13BrFN3O/c1-2-18-7-8(14)5-12(18)13(19)17-11-6-9(16)3-4-10(11)15/h3-7H,2,16H2,1H3,(H,17,19). The summed E-state index contributed by atoms with van der Waals surface area (Å²) in [4.78, 5) is 12.1. The maximum absolute atomic E-state index is 13.5. The fourth-order valence-electron chi connectivity index (χ4n) is 1.75. The number of anilines is 2. The number of amides is 1. The fraction of sp³-hybridized carbons (Fsp3) is 0.154. The molecule has 1 aromatic heterocycles. The Hall–Kier alpha value is -1.82. The lowest BCUT2D eigenvalue weighted by Crippen LogP contribution is -2.17. The van der Waals surface area contributed by atoms with Crippen molar-refractivity contribution in [2.24, 2.45) is 0 Å². The van der Waals surface area contributed by atoms with E-state index in [4.69, 9.17) is 5.73 Å². The molecule has 2 aromatic rings. The van der Waals surface area contributed by atoms with E-state index < -0.39 is 5.82 Å². The Bertz CT molecular complexity index is 624. The molecule has 1 amide bonds. The molecule has 4 nitrogen and oxygen atoms in total. The number of benzene rings is 1. The van der Waals surface area contributed by atoms with Crippen LogP contribution in [0.25, 0.3) is 0 Å². The summed E-state index contributed by atoms with van der Waals surface area (Å²) in [6.07, 6.45) is 1.80. The van der Waals surface area contributed by atoms with E-state index in [1.54, 1.807) is 16.8 Å². The van der Waals surface area contributed by atoms with Gasteiger partial charge in [-0.3, -0.25) is 4.79 Å². The number of aromatic nitrogens is 1. The zero-order chi connectivity index (χ0) is 14.0. The van der Waals surface area contributed by atoms with Gasteiger partial charge in [-0.05, 0) is 47.1 Å². The van der Waals surface area contributed by atoms with Crippen LogP contribution in [0.4, 0.5) is 15.8 Å². The Morgan fingerprint density at radius 1 is 1.47 bits per heavy atom. The lowest BCUT2D eigenvalue weighted by atomic mass is 10.2. The molecule has 2 rings (SSSR count). The number of nitrogen functional groups attached to an aromatic ring is 1. The second kappa shape index (κ2) is 5.44. The molecule has 0 atom stereocenters. The van der Waals surface area contributed by atoms with Crippen LogP contribution in [-0.2, 0) is 6.54 Å². The van der Waals surface area contributed by atoms with Gasteiger partial charge >= 0.3 is 0 Å². The van der Waals surface area contributed by atoms with Crippen molar-refractivity contribution >= 4 is 33.2 Å². The molecule has 0 bridgehead atoms. The zero-order valence-corrected chi connectivity index (χ0v) is 11.9. The largest absolute Gasteiger partial charge is 0.399 e. The Morgan fingerprint density at radius 3 is 2.89 bits per heavy atom. The van der Waals surface area contributed by atoms with Crippen molar-refractivity contribution < 1.29 is 9.18 Å². The van der Waals surface area contributed by atoms with Crippen LogP contribution >= 0.6 is 15.9 Å². The summed E-state index contributed by atoms with van der Waals surface area (Å²) in [5.74, 6) is -0.895. The van der Waals surface area contributed by atoms with E-state index in [9.17, 15) is 9.18 Å². The van der Waals surface area contributed by atoms with Gasteiger partial charge in [-0.1, -0.05) is 0 Å². The topological polar surface area (TPSA) is 60.0 Å². The van der Waals surface area contributed by atoms with Gasteiger partial charge < -0.3 is 15.6 Å². The molecule has 1 heterocycles. The SMILES string of the molecule is CCn1cc(Br)cc1C(=O)Nc1cc(N)ccc1F. The van der Waals surface area contributed by atoms with Crippen LogP contribution in [0.15, 0.2) is 34.9 Å². The molecule has 19 heavy (non-hydrogen) atoms. The molecule has 0 unspecified atom stereocenters. The van der Waals surface area contributed by atoms with Crippen LogP contribution in [0.3, 0.4) is 0 Å². The van der Waals surface area contributed by atoms with Gasteiger partial charge in [-0.15, -0.1) is 0 Å². The molecule has 0 spiro atoms. The number of aryl methyl sites for hydroxylation is 1. The van der Waals surface area contributed by atoms with Crippen LogP contribution in [-0.4, -0.2) is 10.5 Å². The van der Waals surface area contributed by atoms with E-state index in [1.807, 2.05) is 6.92 Å². The lowest BCUT2D eigenvalue weighted by Gasteiger charge is -2.09. The second-order valence-corrected chi connectivity index (χ2v) is 4.94. The van der Waals surface area contributed by atoms with Crippen molar-refractivity contribution in [3.63, 3.8) is 0 Å². The Balaban J connectivity index is 2.27. The molecule has 100 valence electrons. The number of rotatable bonds is 3. The van der Waals surface area contributed by atoms with Crippen LogP contribution in [0.1, 0.15) is 17.4 Å². The van der Waals surface area contributed by atoms with Crippen LogP contribution in [0.2, 0.25) is 0 Å². The molecule has 0 radical (unpaired) electrons. The first-order chi connectivity index (χ1) is 9.01. The van der Waals surface area contributed by atoms with Crippen molar-refractivity contribution in [3.05, 3.63) is 46.4 Å². The molecule has 1 aromatic carbocycles. The van der Waals surface area contributed by atoms with Gasteiger partial charge in [-0.2, -0.15) is 0 Å². The maximum atomic E-state index is 13.5. The van der Waals surface area contributed by atoms with Crippen LogP contribution < -0.4 is 11.1 Å². The number of nitrogens with one attached hydrogen (secondary N) is 1. The zero-order valence-electron chi connectivity index (χ0n) is 10.3. The first-order valence-electron chi connectivity index (χ1n) is 5.73. The van der Waals surface area contributed by atoms with Crippen molar-refractivity contribution in [2.45, 2.75) is 13.5 Å². The smallest absolute Gasteiger partial charge is 0.272 e. The van der Waals surface area contributed by atoms with E-state index in [1.165, 1.54) is 18.2 Å². The van der Waals surface area contributed by atoms with Crippen molar-refractivity contribution in [3.8, 4) is 0 Å². The Morgan fingerprint density at radius 2 is 2.21 bits per heavy atom. The minimum Gasteiger partial charge on any atom is -0.399 e. The molecule has 3 N–H and O–H groups in total. The van der Waals surface area contributed by atoms with Crippen molar-refractivity contribution in [1.29, 1.82) is 0 Å². The summed E-state index contributed by atoms with van der Waals surface area (Å²) in [7, 11) is 0. The number of halogens is 2. The Kier molecular flexibility index (Phi) is 3.90. The Labute approximate surface area is 118 Å². The number of nitrogens with two attached hydrogens (primary N) is 1. The van der Waals surface area contributed by atoms with Crippen LogP contribution in [0.5, 0.6) is 0 Å². The molecule has 0 aliphatic rings. The van der Waals surface area contributed by atoms with E-state index in [0.717, 1.165) is 4.47 Å². The highest BCUT2D eigenvalue weighted by Gasteiger charge is 2.14. The lowest BCUT2D eigenvalue weighted by molar-refractivity contribution is 0.101. The summed E-state index contributed by atoms with van der Waals surface area (Å²) >= 11 is 3.31. The van der Waals surface area contributed by atoms with Gasteiger partial charge in [0.15, 0.2) is 0 Å². The predicted molar refractivity (Wildman–Crippen MR) is 76.6 cm³/mol. The summed E-state index contributed by atoms with van der Waals surface area (Å²) in [6, 6.07) is 5.74. The third-order valence-electron chi connectivity index (χ3n) is 2.68. The molecule has 0 saturated carbocycles. The van der Waals surface area contributed by atoms with Gasteiger partial charge in [-0.25, -0.2) is 4.39 Å². The van der Waals surface area contributed by atoms with Gasteiger partial charge in [0.25, 0.3) is 5.91 Å². The number of hydrogen-bond donors (Lipinski definition) is 2. The molecule has 0 aliphatic heterocycles. The fourth-order valence-corrected chi connectivity index (χ4v) is 2.22. The minimum absolute atomic E-state index is 0.0741. The van der Waals surface area contributed by atoms with E-state index in [-0.39, 0.29) is 11.6 Å². The predicted octanol–water partition coefficient (Wildman–Crippen LogP) is 3.24. The summed E-state index contributed by atoms with van der Waals surface area (Å²) in [5.41, 5.74) is 6.49. The van der Waals surface area contributed by atoms with Gasteiger partial charge in [0.05, 0.1) is 5.69 Å². The second-order valence-electron chi connectivity index (χ2n) is 4.02. The van der Waals surface area contributed by atoms with Crippen molar-refractivity contribution in [1.82, 2.24) is 4.57 Å². The van der Waals surface area contributed by atoms with E-state index >= 15 is 0 Å². The van der Waals surface area contributed by atoms with E-state index in [0.29, 0.717) is 17.9 Å². The molecular weight excluding hydrogens is 313 g/mol. The number of hydrogen-bond acceptors (Lipinski definition) is 2. The molecular formula is C13H13BrFN3O. The first-order valence-corrected chi connectivity index (χ1v) is 6.52. The molecule has 0 aliphatic carbocycles. The average Bonchev–Trinajstić information content (AvgIpc) is 2.75. The summed E-state index contributed by atoms with van der Waals surface area (Å²) in [5, 5.41) is 2.52. The summed E-state index contributed by atoms with van der Waals surface area (Å²) in [6.45, 7) is 2.57. The van der Waals surface area contributed by atoms with Gasteiger partial charge in [0.1, 0.15) is 11.5 Å². The highest BCUT2D eigenvalue weighted by atomic mass is 79.9. The minimum atomic E-state index is -0.517. The number of nitrogens with zero attached hydrogens (tertiary/aromatic N) is 1. The normalized spacial score (nSPS) is 10.5. The average molecular weight is 326 g/mol. The number of carbonyl (C=O) groups excluding carboxylic acids is 1. The van der Waals surface area contributed by atoms with Crippen molar-refractivity contribution in [2.75, 3.05) is 11.1 Å². The van der Waals surface area contributed by atoms with E-state index in [2.05, 4.69) is 21.2 Å². The molecule has 0 fully saturated rings. The highest BCUT2D eigenvalue weighted by Crippen LogP contribution is 2.20. The summed E-state index contributed by atoms with van der Waals surface area (Å²) < 4.78 is 16.1. The molecule has 0 saturated heterocycles. The number of carbonyl (C=O) groups is 1. The van der Waals surface area contributed by atoms with Gasteiger partial charge in [0, 0.05) is 22.9 Å². The monoisotopic (exact) mass is 325 g/mol.